The molecule has 0 aromatic carbocycles. The highest BCUT2D eigenvalue weighted by Gasteiger charge is 1.98. The van der Waals surface area contributed by atoms with Gasteiger partial charge in [0.2, 0.25) is 10.3 Å². The summed E-state index contributed by atoms with van der Waals surface area (Å²) in [6.07, 6.45) is 0. The average molecular weight is 226 g/mol. The van der Waals surface area contributed by atoms with Crippen LogP contribution in [0.15, 0.2) is 16.0 Å². The predicted octanol–water partition coefficient (Wildman–Crippen LogP) is 1.55. The zero-order valence-electron chi connectivity index (χ0n) is 7.21. The van der Waals surface area contributed by atoms with E-state index in [4.69, 9.17) is 0 Å². The third-order valence-electron chi connectivity index (χ3n) is 1.26. The molecule has 0 radical (unpaired) electrons. The molecule has 8 heteroatoms. The predicted molar refractivity (Wildman–Crippen MR) is 56.2 cm³/mol. The van der Waals surface area contributed by atoms with E-state index in [-0.39, 0.29) is 0 Å². The number of nitrogens with zero attached hydrogens (tertiary/aromatic N) is 5. The number of aromatic nitrogens is 4. The SMILES string of the molecule is CC(=Nc1nncs1)Nc1nncs1. The van der Waals surface area contributed by atoms with Gasteiger partial charge in [0.05, 0.1) is 0 Å². The van der Waals surface area contributed by atoms with E-state index in [0.717, 1.165) is 11.0 Å². The lowest BCUT2D eigenvalue weighted by Crippen LogP contribution is -2.06. The van der Waals surface area contributed by atoms with Crippen molar-refractivity contribution in [2.24, 2.45) is 4.99 Å². The van der Waals surface area contributed by atoms with E-state index < -0.39 is 0 Å². The number of aliphatic imine (C=N–C) groups is 1. The number of rotatable bonds is 2. The van der Waals surface area contributed by atoms with Gasteiger partial charge in [0.1, 0.15) is 16.9 Å². The third-order valence-corrected chi connectivity index (χ3v) is 2.45. The van der Waals surface area contributed by atoms with Gasteiger partial charge in [-0.2, -0.15) is 0 Å². The molecule has 2 rings (SSSR count). The van der Waals surface area contributed by atoms with Gasteiger partial charge in [0.25, 0.3) is 0 Å². The topological polar surface area (TPSA) is 76.0 Å². The van der Waals surface area contributed by atoms with Crippen LogP contribution < -0.4 is 5.32 Å². The van der Waals surface area contributed by atoms with Crippen LogP contribution in [0.25, 0.3) is 0 Å². The van der Waals surface area contributed by atoms with E-state index >= 15 is 0 Å². The van der Waals surface area contributed by atoms with Crippen molar-refractivity contribution >= 4 is 38.8 Å². The van der Waals surface area contributed by atoms with Crippen LogP contribution in [0.1, 0.15) is 6.92 Å². The highest BCUT2D eigenvalue weighted by molar-refractivity contribution is 7.13. The summed E-state index contributed by atoms with van der Waals surface area (Å²) in [7, 11) is 0. The molecular weight excluding hydrogens is 220 g/mol. The maximum atomic E-state index is 4.18. The van der Waals surface area contributed by atoms with Crippen molar-refractivity contribution in [2.75, 3.05) is 5.32 Å². The van der Waals surface area contributed by atoms with E-state index in [1.165, 1.54) is 22.7 Å². The van der Waals surface area contributed by atoms with Gasteiger partial charge >= 0.3 is 0 Å². The van der Waals surface area contributed by atoms with Crippen LogP contribution in [-0.2, 0) is 0 Å². The van der Waals surface area contributed by atoms with Gasteiger partial charge in [-0.05, 0) is 6.92 Å². The summed E-state index contributed by atoms with van der Waals surface area (Å²) in [4.78, 5) is 4.18. The molecule has 0 unspecified atom stereocenters. The maximum absolute atomic E-state index is 4.18. The molecule has 0 bridgehead atoms. The molecule has 2 aromatic rings. The van der Waals surface area contributed by atoms with E-state index in [1.54, 1.807) is 11.0 Å². The summed E-state index contributed by atoms with van der Waals surface area (Å²) >= 11 is 2.80. The van der Waals surface area contributed by atoms with Gasteiger partial charge in [0.15, 0.2) is 0 Å². The molecule has 1 N–H and O–H groups in total. The van der Waals surface area contributed by atoms with Crippen LogP contribution in [0.4, 0.5) is 10.3 Å². The second-order valence-electron chi connectivity index (χ2n) is 2.29. The standard InChI is InChI=1S/C6H6N6S2/c1-4(9-5-11-7-2-13-5)10-6-12-8-3-14-6/h2-3H,1H3,(H,9,10,11,12). The lowest BCUT2D eigenvalue weighted by Gasteiger charge is -1.97. The first-order valence-electron chi connectivity index (χ1n) is 3.69. The molecule has 0 atom stereocenters. The average Bonchev–Trinajstić information content (AvgIpc) is 2.76. The Balaban J connectivity index is 2.06. The molecule has 0 fully saturated rings. The Hall–Kier alpha value is -1.41. The molecule has 0 saturated heterocycles. The Morgan fingerprint density at radius 3 is 2.71 bits per heavy atom. The Bertz CT molecular complexity index is 405. The summed E-state index contributed by atoms with van der Waals surface area (Å²) in [5.74, 6) is 0.721. The summed E-state index contributed by atoms with van der Waals surface area (Å²) < 4.78 is 0. The van der Waals surface area contributed by atoms with Crippen molar-refractivity contribution in [2.45, 2.75) is 6.92 Å². The fourth-order valence-corrected chi connectivity index (χ4v) is 1.74. The van der Waals surface area contributed by atoms with E-state index in [1.807, 2.05) is 6.92 Å². The number of nitrogens with one attached hydrogen (secondary N) is 1. The molecule has 6 nitrogen and oxygen atoms in total. The first-order chi connectivity index (χ1) is 6.84. The van der Waals surface area contributed by atoms with Gasteiger partial charge in [-0.25, -0.2) is 4.99 Å². The smallest absolute Gasteiger partial charge is 0.233 e. The monoisotopic (exact) mass is 226 g/mol. The summed E-state index contributed by atoms with van der Waals surface area (Å²) in [5, 5.41) is 19.3. The number of anilines is 1. The first-order valence-corrected chi connectivity index (χ1v) is 5.45. The van der Waals surface area contributed by atoms with Crippen LogP contribution in [0, 0.1) is 0 Å². The van der Waals surface area contributed by atoms with Crippen molar-refractivity contribution in [3.63, 3.8) is 0 Å². The Labute approximate surface area is 87.8 Å². The molecule has 0 amide bonds. The molecular formula is C6H6N6S2. The third kappa shape index (κ3) is 2.30. The Kier molecular flexibility index (Phi) is 2.75. The Morgan fingerprint density at radius 2 is 2.07 bits per heavy atom. The van der Waals surface area contributed by atoms with Gasteiger partial charge in [0, 0.05) is 0 Å². The summed E-state index contributed by atoms with van der Waals surface area (Å²) in [5.41, 5.74) is 3.29. The fourth-order valence-electron chi connectivity index (χ4n) is 0.770. The van der Waals surface area contributed by atoms with Crippen LogP contribution in [0.3, 0.4) is 0 Å². The minimum absolute atomic E-state index is 0.625. The molecule has 0 aliphatic rings. The highest BCUT2D eigenvalue weighted by atomic mass is 32.1. The van der Waals surface area contributed by atoms with Gasteiger partial charge < -0.3 is 5.32 Å². The van der Waals surface area contributed by atoms with Crippen LogP contribution >= 0.6 is 22.7 Å². The molecule has 72 valence electrons. The molecule has 0 aliphatic carbocycles. The lowest BCUT2D eigenvalue weighted by molar-refractivity contribution is 1.08. The molecule has 0 saturated carbocycles. The summed E-state index contributed by atoms with van der Waals surface area (Å²) in [6.45, 7) is 1.84. The van der Waals surface area contributed by atoms with Gasteiger partial charge in [-0.15, -0.1) is 20.4 Å². The van der Waals surface area contributed by atoms with E-state index in [0.29, 0.717) is 5.13 Å². The van der Waals surface area contributed by atoms with Crippen LogP contribution in [0.2, 0.25) is 0 Å². The highest BCUT2D eigenvalue weighted by Crippen LogP contribution is 2.14. The minimum atomic E-state index is 0.625. The molecule has 2 heterocycles. The van der Waals surface area contributed by atoms with Crippen LogP contribution in [-0.4, -0.2) is 26.2 Å². The molecule has 2 aromatic heterocycles. The van der Waals surface area contributed by atoms with Gasteiger partial charge in [-0.3, -0.25) is 0 Å². The molecule has 14 heavy (non-hydrogen) atoms. The number of hydrogen-bond acceptors (Lipinski definition) is 7. The van der Waals surface area contributed by atoms with Crippen molar-refractivity contribution in [1.82, 2.24) is 20.4 Å². The van der Waals surface area contributed by atoms with Crippen molar-refractivity contribution in [1.29, 1.82) is 0 Å². The van der Waals surface area contributed by atoms with Crippen molar-refractivity contribution in [3.05, 3.63) is 11.0 Å². The summed E-state index contributed by atoms with van der Waals surface area (Å²) in [6, 6.07) is 0. The zero-order chi connectivity index (χ0) is 9.80. The Morgan fingerprint density at radius 1 is 1.29 bits per heavy atom. The van der Waals surface area contributed by atoms with Gasteiger partial charge in [-0.1, -0.05) is 22.7 Å². The largest absolute Gasteiger partial charge is 0.318 e. The lowest BCUT2D eigenvalue weighted by atomic mass is 10.7. The van der Waals surface area contributed by atoms with Crippen LogP contribution in [0.5, 0.6) is 0 Å². The fraction of sp³-hybridized carbons (Fsp3) is 0.167. The normalized spacial score (nSPS) is 11.6. The second kappa shape index (κ2) is 4.20. The van der Waals surface area contributed by atoms with Crippen molar-refractivity contribution in [3.8, 4) is 0 Å². The number of hydrogen-bond donors (Lipinski definition) is 1. The molecule has 0 spiro atoms. The maximum Gasteiger partial charge on any atom is 0.233 e. The zero-order valence-corrected chi connectivity index (χ0v) is 8.84. The quantitative estimate of drug-likeness (QED) is 0.621. The first kappa shape index (κ1) is 9.16. The van der Waals surface area contributed by atoms with E-state index in [9.17, 15) is 0 Å². The number of amidine groups is 1. The van der Waals surface area contributed by atoms with E-state index in [2.05, 4.69) is 30.7 Å². The second-order valence-corrected chi connectivity index (χ2v) is 3.93. The molecule has 0 aliphatic heterocycles. The minimum Gasteiger partial charge on any atom is -0.318 e. The van der Waals surface area contributed by atoms with Crippen molar-refractivity contribution < 1.29 is 0 Å².